The normalized spacial score (nSPS) is 24.4. The first-order valence-electron chi connectivity index (χ1n) is 10.5. The van der Waals surface area contributed by atoms with Crippen LogP contribution in [0.2, 0.25) is 0 Å². The van der Waals surface area contributed by atoms with Crippen LogP contribution in [0, 0.1) is 17.8 Å². The number of furan rings is 1. The molecular weight excluding hydrogens is 400 g/mol. The second kappa shape index (κ2) is 8.78. The lowest BCUT2D eigenvalue weighted by atomic mass is 9.84. The second-order valence-corrected chi connectivity index (χ2v) is 10.2. The Kier molecular flexibility index (Phi) is 6.11. The van der Waals surface area contributed by atoms with Crippen molar-refractivity contribution in [3.8, 4) is 0 Å². The smallest absolute Gasteiger partial charge is 0.244 e. The number of hydrogen-bond donors (Lipinski definition) is 2. The van der Waals surface area contributed by atoms with E-state index in [4.69, 9.17) is 4.42 Å². The second-order valence-electron chi connectivity index (χ2n) is 8.44. The van der Waals surface area contributed by atoms with Gasteiger partial charge in [0, 0.05) is 12.1 Å². The summed E-state index contributed by atoms with van der Waals surface area (Å²) in [5.74, 6) is 2.66. The Morgan fingerprint density at radius 2 is 2.00 bits per heavy atom. The quantitative estimate of drug-likeness (QED) is 0.628. The minimum atomic E-state index is -3.63. The van der Waals surface area contributed by atoms with Gasteiger partial charge in [0.2, 0.25) is 15.9 Å². The first-order valence-corrected chi connectivity index (χ1v) is 12.0. The number of nitrogens with one attached hydrogen (secondary N) is 2. The number of rotatable bonds is 8. The maximum atomic E-state index is 12.4. The molecule has 160 valence electrons. The van der Waals surface area contributed by atoms with Gasteiger partial charge in [-0.15, -0.1) is 0 Å². The van der Waals surface area contributed by atoms with E-state index in [1.807, 2.05) is 0 Å². The summed E-state index contributed by atoms with van der Waals surface area (Å²) in [6.45, 7) is 2.20. The van der Waals surface area contributed by atoms with Gasteiger partial charge in [0.25, 0.3) is 0 Å². The van der Waals surface area contributed by atoms with Crippen molar-refractivity contribution in [1.29, 1.82) is 0 Å². The van der Waals surface area contributed by atoms with Crippen molar-refractivity contribution in [1.82, 2.24) is 10.0 Å². The molecule has 4 atom stereocenters. The first kappa shape index (κ1) is 20.9. The molecule has 2 aliphatic carbocycles. The Bertz CT molecular complexity index is 996. The summed E-state index contributed by atoms with van der Waals surface area (Å²) in [6, 6.07) is 10.0. The average Bonchev–Trinajstić information content (AvgIpc) is 3.49. The zero-order valence-corrected chi connectivity index (χ0v) is 17.9. The summed E-state index contributed by atoms with van der Waals surface area (Å²) < 4.78 is 32.4. The van der Waals surface area contributed by atoms with Gasteiger partial charge in [-0.3, -0.25) is 4.79 Å². The van der Waals surface area contributed by atoms with Crippen molar-refractivity contribution in [2.75, 3.05) is 0 Å². The number of carbonyl (C=O) groups is 1. The minimum Gasteiger partial charge on any atom is -0.468 e. The van der Waals surface area contributed by atoms with E-state index in [9.17, 15) is 13.2 Å². The van der Waals surface area contributed by atoms with E-state index in [0.29, 0.717) is 11.7 Å². The molecule has 4 unspecified atom stereocenters. The molecule has 0 radical (unpaired) electrons. The Balaban J connectivity index is 1.30. The van der Waals surface area contributed by atoms with Gasteiger partial charge in [-0.1, -0.05) is 18.6 Å². The lowest BCUT2D eigenvalue weighted by Crippen LogP contribution is -2.39. The molecule has 30 heavy (non-hydrogen) atoms. The maximum Gasteiger partial charge on any atom is 0.244 e. The maximum absolute atomic E-state index is 12.4. The molecule has 0 saturated heterocycles. The van der Waals surface area contributed by atoms with E-state index in [2.05, 4.69) is 17.0 Å². The van der Waals surface area contributed by atoms with E-state index in [0.717, 1.165) is 17.4 Å². The Morgan fingerprint density at radius 1 is 1.20 bits per heavy atom. The third kappa shape index (κ3) is 4.84. The zero-order valence-electron chi connectivity index (χ0n) is 17.1. The van der Waals surface area contributed by atoms with E-state index in [1.165, 1.54) is 50.2 Å². The van der Waals surface area contributed by atoms with Crippen molar-refractivity contribution in [3.63, 3.8) is 0 Å². The monoisotopic (exact) mass is 428 g/mol. The Morgan fingerprint density at radius 3 is 2.63 bits per heavy atom. The fraction of sp³-hybridized carbons (Fsp3) is 0.435. The van der Waals surface area contributed by atoms with Crippen LogP contribution in [-0.4, -0.2) is 20.4 Å². The summed E-state index contributed by atoms with van der Waals surface area (Å²) >= 11 is 0. The van der Waals surface area contributed by atoms with Gasteiger partial charge in [-0.05, 0) is 79.8 Å². The highest BCUT2D eigenvalue weighted by atomic mass is 32.2. The highest BCUT2D eigenvalue weighted by molar-refractivity contribution is 7.89. The van der Waals surface area contributed by atoms with Crippen LogP contribution in [0.15, 0.2) is 58.1 Å². The molecule has 7 heteroatoms. The van der Waals surface area contributed by atoms with Crippen molar-refractivity contribution in [3.05, 3.63) is 60.1 Å². The Hall–Kier alpha value is -2.38. The van der Waals surface area contributed by atoms with Crippen LogP contribution in [0.4, 0.5) is 0 Å². The lowest BCUT2D eigenvalue weighted by Gasteiger charge is -2.28. The molecule has 2 fully saturated rings. The molecule has 2 bridgehead atoms. The summed E-state index contributed by atoms with van der Waals surface area (Å²) in [6.07, 6.45) is 9.94. The molecule has 1 aromatic carbocycles. The van der Waals surface area contributed by atoms with Crippen molar-refractivity contribution in [2.45, 2.75) is 50.1 Å². The highest BCUT2D eigenvalue weighted by Gasteiger charge is 2.41. The van der Waals surface area contributed by atoms with Crippen LogP contribution >= 0.6 is 0 Å². The molecule has 1 heterocycles. The van der Waals surface area contributed by atoms with E-state index in [1.54, 1.807) is 30.3 Å². The topological polar surface area (TPSA) is 88.4 Å². The Labute approximate surface area is 177 Å². The summed E-state index contributed by atoms with van der Waals surface area (Å²) in [5, 5.41) is 3.10. The van der Waals surface area contributed by atoms with Gasteiger partial charge < -0.3 is 9.73 Å². The summed E-state index contributed by atoms with van der Waals surface area (Å²) in [4.78, 5) is 12.5. The van der Waals surface area contributed by atoms with Crippen LogP contribution in [0.3, 0.4) is 0 Å². The number of carbonyl (C=O) groups excluding carboxylic acids is 1. The van der Waals surface area contributed by atoms with Crippen molar-refractivity contribution < 1.29 is 17.6 Å². The molecular formula is C23H28N2O4S. The minimum absolute atomic E-state index is 0.0952. The van der Waals surface area contributed by atoms with Crippen LogP contribution in [0.25, 0.3) is 6.08 Å². The first-order chi connectivity index (χ1) is 14.4. The van der Waals surface area contributed by atoms with E-state index in [-0.39, 0.29) is 23.4 Å². The van der Waals surface area contributed by atoms with E-state index >= 15 is 0 Å². The summed E-state index contributed by atoms with van der Waals surface area (Å²) in [5.41, 5.74) is 0.766. The molecule has 0 spiro atoms. The number of sulfonamides is 1. The van der Waals surface area contributed by atoms with Gasteiger partial charge in [-0.2, -0.15) is 0 Å². The van der Waals surface area contributed by atoms with Gasteiger partial charge >= 0.3 is 0 Å². The number of hydrogen-bond acceptors (Lipinski definition) is 4. The van der Waals surface area contributed by atoms with E-state index < -0.39 is 10.0 Å². The molecule has 6 nitrogen and oxygen atoms in total. The fourth-order valence-electron chi connectivity index (χ4n) is 4.88. The van der Waals surface area contributed by atoms with Crippen LogP contribution in [0.1, 0.15) is 43.9 Å². The molecule has 2 aliphatic rings. The van der Waals surface area contributed by atoms with Crippen molar-refractivity contribution >= 4 is 22.0 Å². The standard InChI is InChI=1S/C23H28N2O4S/c1-16(22-14-18-4-8-19(22)13-18)25-23(26)11-7-17-5-9-21(10-6-17)30(27,28)24-15-20-3-2-12-29-20/h2-3,5-7,9-12,16,18-19,22,24H,4,8,13-15H2,1H3,(H,25,26)/b11-7+. The lowest BCUT2D eigenvalue weighted by molar-refractivity contribution is -0.117. The van der Waals surface area contributed by atoms with Gasteiger partial charge in [0.15, 0.2) is 0 Å². The molecule has 0 aliphatic heterocycles. The van der Waals surface area contributed by atoms with Crippen LogP contribution < -0.4 is 10.0 Å². The molecule has 1 aromatic heterocycles. The predicted molar refractivity (Wildman–Crippen MR) is 115 cm³/mol. The number of fused-ring (bicyclic) bond motifs is 2. The predicted octanol–water partition coefficient (Wildman–Crippen LogP) is 3.71. The molecule has 2 aromatic rings. The largest absolute Gasteiger partial charge is 0.468 e. The SMILES string of the molecule is CC(NC(=O)/C=C/c1ccc(S(=O)(=O)NCc2ccco2)cc1)C1CC2CCC1C2. The van der Waals surface area contributed by atoms with Gasteiger partial charge in [0.05, 0.1) is 17.7 Å². The fourth-order valence-corrected chi connectivity index (χ4v) is 5.87. The van der Waals surface area contributed by atoms with Crippen molar-refractivity contribution in [2.24, 2.45) is 17.8 Å². The molecule has 2 N–H and O–H groups in total. The van der Waals surface area contributed by atoms with Gasteiger partial charge in [-0.25, -0.2) is 13.1 Å². The average molecular weight is 429 g/mol. The highest BCUT2D eigenvalue weighted by Crippen LogP contribution is 2.49. The summed E-state index contributed by atoms with van der Waals surface area (Å²) in [7, 11) is -3.63. The zero-order chi connectivity index (χ0) is 21.1. The van der Waals surface area contributed by atoms with Crippen LogP contribution in [0.5, 0.6) is 0 Å². The molecule has 2 saturated carbocycles. The third-order valence-corrected chi connectivity index (χ3v) is 7.86. The van der Waals surface area contributed by atoms with Crippen LogP contribution in [-0.2, 0) is 21.4 Å². The molecule has 1 amide bonds. The van der Waals surface area contributed by atoms with Gasteiger partial charge in [0.1, 0.15) is 5.76 Å². The number of amides is 1. The molecule has 4 rings (SSSR count). The third-order valence-electron chi connectivity index (χ3n) is 6.44. The number of benzene rings is 1.